The monoisotopic (exact) mass is 558 g/mol. The first kappa shape index (κ1) is 26.7. The van der Waals surface area contributed by atoms with Crippen molar-refractivity contribution in [2.45, 2.75) is 6.04 Å². The van der Waals surface area contributed by atoms with Crippen LogP contribution in [0.4, 0.5) is 0 Å². The van der Waals surface area contributed by atoms with Crippen molar-refractivity contribution in [3.05, 3.63) is 194 Å². The molecule has 0 nitrogen and oxygen atoms in total. The predicted octanol–water partition coefficient (Wildman–Crippen LogP) is 5.92. The maximum Gasteiger partial charge on any atom is 0.150 e. The SMILES string of the molecule is C=Cc1ccc(C[Si](c2ccccc2)(c2ccccc2)[Si](c2ccccc2)(c2ccccc2)c2ccccc2)cc1. The maximum absolute atomic E-state index is 4.00. The van der Waals surface area contributed by atoms with Crippen molar-refractivity contribution >= 4 is 47.2 Å². The zero-order valence-corrected chi connectivity index (χ0v) is 25.2. The molecule has 6 aromatic rings. The average Bonchev–Trinajstić information content (AvgIpc) is 3.07. The molecule has 6 rings (SSSR count). The van der Waals surface area contributed by atoms with Crippen LogP contribution >= 0.6 is 0 Å². The van der Waals surface area contributed by atoms with Gasteiger partial charge in [0.2, 0.25) is 0 Å². The Morgan fingerprint density at radius 2 is 0.707 bits per heavy atom. The molecule has 0 amide bonds. The van der Waals surface area contributed by atoms with E-state index in [4.69, 9.17) is 0 Å². The molecule has 0 saturated carbocycles. The summed E-state index contributed by atoms with van der Waals surface area (Å²) in [5.74, 6) is 0. The molecule has 2 heteroatoms. The van der Waals surface area contributed by atoms with Gasteiger partial charge < -0.3 is 0 Å². The summed E-state index contributed by atoms with van der Waals surface area (Å²) in [4.78, 5) is 0. The van der Waals surface area contributed by atoms with Crippen LogP contribution in [0, 0.1) is 0 Å². The van der Waals surface area contributed by atoms with Gasteiger partial charge in [-0.15, -0.1) is 0 Å². The molecular formula is C39H34Si2. The molecule has 0 aromatic heterocycles. The van der Waals surface area contributed by atoms with Gasteiger partial charge >= 0.3 is 0 Å². The van der Waals surface area contributed by atoms with Crippen molar-refractivity contribution < 1.29 is 0 Å². The minimum Gasteiger partial charge on any atom is -0.0985 e. The molecule has 0 aliphatic rings. The van der Waals surface area contributed by atoms with Gasteiger partial charge in [-0.3, -0.25) is 0 Å². The molecule has 0 unspecified atom stereocenters. The molecule has 0 fully saturated rings. The molecule has 0 N–H and O–H groups in total. The summed E-state index contributed by atoms with van der Waals surface area (Å²) in [6.07, 6.45) is 1.93. The van der Waals surface area contributed by atoms with Crippen LogP contribution in [-0.2, 0) is 6.04 Å². The first-order chi connectivity index (χ1) is 20.3. The van der Waals surface area contributed by atoms with Crippen LogP contribution < -0.4 is 25.9 Å². The zero-order chi connectivity index (χ0) is 28.0. The van der Waals surface area contributed by atoms with Crippen molar-refractivity contribution in [2.75, 3.05) is 0 Å². The van der Waals surface area contributed by atoms with E-state index in [1.807, 2.05) is 6.08 Å². The maximum atomic E-state index is 4.00. The number of hydrogen-bond acceptors (Lipinski definition) is 0. The molecule has 0 spiro atoms. The summed E-state index contributed by atoms with van der Waals surface area (Å²) in [5, 5.41) is 7.32. The summed E-state index contributed by atoms with van der Waals surface area (Å²) < 4.78 is 0. The van der Waals surface area contributed by atoms with E-state index in [1.54, 1.807) is 0 Å². The van der Waals surface area contributed by atoms with Gasteiger partial charge in [-0.2, -0.15) is 0 Å². The van der Waals surface area contributed by atoms with Gasteiger partial charge in [0.25, 0.3) is 0 Å². The van der Waals surface area contributed by atoms with Crippen LogP contribution in [0.3, 0.4) is 0 Å². The Bertz CT molecular complexity index is 1540. The van der Waals surface area contributed by atoms with Gasteiger partial charge in [0, 0.05) is 0 Å². The van der Waals surface area contributed by atoms with Crippen molar-refractivity contribution in [3.8, 4) is 0 Å². The fraction of sp³-hybridized carbons (Fsp3) is 0.0256. The third-order valence-corrected chi connectivity index (χ3v) is 25.6. The van der Waals surface area contributed by atoms with Gasteiger partial charge in [0.1, 0.15) is 15.2 Å². The Morgan fingerprint density at radius 3 is 1.02 bits per heavy atom. The second-order valence-corrected chi connectivity index (χ2v) is 22.0. The first-order valence-electron chi connectivity index (χ1n) is 14.3. The molecule has 0 heterocycles. The van der Waals surface area contributed by atoms with Gasteiger partial charge in [-0.25, -0.2) is 0 Å². The van der Waals surface area contributed by atoms with Gasteiger partial charge in [-0.05, 0) is 11.6 Å². The minimum absolute atomic E-state index is 0.989. The molecule has 0 saturated heterocycles. The smallest absolute Gasteiger partial charge is 0.0985 e. The lowest BCUT2D eigenvalue weighted by atomic mass is 10.1. The standard InChI is InChI=1S/C39H34Si2/c1-2-33-28-30-34(31-29-33)32-40(35-18-8-3-9-19-35,36-20-10-4-11-21-36)41(37-22-12-5-13-23-37,38-24-14-6-15-25-38)39-26-16-7-17-27-39/h2-31H,1,32H2. The lowest BCUT2D eigenvalue weighted by Gasteiger charge is -2.50. The van der Waals surface area contributed by atoms with E-state index in [0.717, 1.165) is 11.6 Å². The molecule has 6 aromatic carbocycles. The van der Waals surface area contributed by atoms with Gasteiger partial charge in [-0.1, -0.05) is 220 Å². The fourth-order valence-electron chi connectivity index (χ4n) is 6.76. The van der Waals surface area contributed by atoms with Crippen molar-refractivity contribution in [1.29, 1.82) is 0 Å². The normalized spacial score (nSPS) is 11.6. The van der Waals surface area contributed by atoms with Crippen LogP contribution in [0.5, 0.6) is 0 Å². The summed E-state index contributed by atoms with van der Waals surface area (Å²) in [6, 6.07) is 67.3. The van der Waals surface area contributed by atoms with Crippen molar-refractivity contribution in [2.24, 2.45) is 0 Å². The molecular weight excluding hydrogens is 525 g/mol. The Kier molecular flexibility index (Phi) is 7.77. The van der Waals surface area contributed by atoms with E-state index in [1.165, 1.54) is 31.5 Å². The van der Waals surface area contributed by atoms with E-state index >= 15 is 0 Å². The predicted molar refractivity (Wildman–Crippen MR) is 182 cm³/mol. The first-order valence-corrected chi connectivity index (χ1v) is 19.5. The van der Waals surface area contributed by atoms with E-state index in [-0.39, 0.29) is 0 Å². The lowest BCUT2D eigenvalue weighted by molar-refractivity contribution is 1.35. The Labute approximate surface area is 246 Å². The van der Waals surface area contributed by atoms with Gasteiger partial charge in [0.05, 0.1) is 0 Å². The summed E-state index contributed by atoms with van der Waals surface area (Å²) >= 11 is 0. The zero-order valence-electron chi connectivity index (χ0n) is 23.2. The van der Waals surface area contributed by atoms with E-state index in [2.05, 4.69) is 183 Å². The van der Waals surface area contributed by atoms with Crippen LogP contribution in [0.1, 0.15) is 11.1 Å². The molecule has 0 radical (unpaired) electrons. The average molecular weight is 559 g/mol. The highest BCUT2D eigenvalue weighted by Crippen LogP contribution is 2.26. The summed E-state index contributed by atoms with van der Waals surface area (Å²) in [6.45, 7) is 4.00. The van der Waals surface area contributed by atoms with Crippen LogP contribution in [-0.4, -0.2) is 15.2 Å². The van der Waals surface area contributed by atoms with Crippen LogP contribution in [0.15, 0.2) is 183 Å². The van der Waals surface area contributed by atoms with Crippen LogP contribution in [0.25, 0.3) is 6.08 Å². The van der Waals surface area contributed by atoms with E-state index in [0.29, 0.717) is 0 Å². The third kappa shape index (κ3) is 4.76. The molecule has 0 aliphatic heterocycles. The Balaban J connectivity index is 1.84. The Morgan fingerprint density at radius 1 is 0.390 bits per heavy atom. The highest BCUT2D eigenvalue weighted by Gasteiger charge is 2.60. The fourth-order valence-corrected chi connectivity index (χ4v) is 26.5. The molecule has 198 valence electrons. The number of benzene rings is 6. The minimum atomic E-state index is -2.77. The van der Waals surface area contributed by atoms with Gasteiger partial charge in [0.15, 0.2) is 0 Å². The number of hydrogen-bond donors (Lipinski definition) is 0. The summed E-state index contributed by atoms with van der Waals surface area (Å²) in [5.41, 5.74) is 2.52. The quantitative estimate of drug-likeness (QED) is 0.153. The number of rotatable bonds is 9. The van der Waals surface area contributed by atoms with E-state index in [9.17, 15) is 0 Å². The molecule has 41 heavy (non-hydrogen) atoms. The van der Waals surface area contributed by atoms with Crippen molar-refractivity contribution in [3.63, 3.8) is 0 Å². The van der Waals surface area contributed by atoms with Crippen molar-refractivity contribution in [1.82, 2.24) is 0 Å². The largest absolute Gasteiger partial charge is 0.150 e. The summed E-state index contributed by atoms with van der Waals surface area (Å²) in [7, 11) is -5.48. The second-order valence-electron chi connectivity index (χ2n) is 10.6. The molecule has 0 atom stereocenters. The highest BCUT2D eigenvalue weighted by atomic mass is 29.3. The Hall–Kier alpha value is -4.51. The van der Waals surface area contributed by atoms with Crippen LogP contribution in [0.2, 0.25) is 0 Å². The second kappa shape index (κ2) is 11.9. The third-order valence-electron chi connectivity index (χ3n) is 8.48. The molecule has 0 bridgehead atoms. The topological polar surface area (TPSA) is 0 Å². The lowest BCUT2D eigenvalue weighted by Crippen LogP contribution is -2.91. The molecule has 0 aliphatic carbocycles. The van der Waals surface area contributed by atoms with E-state index < -0.39 is 15.2 Å². The highest BCUT2D eigenvalue weighted by molar-refractivity contribution is 7.63.